The van der Waals surface area contributed by atoms with Gasteiger partial charge in [-0.2, -0.15) is 0 Å². The maximum atomic E-state index is 5.71. The lowest BCUT2D eigenvalue weighted by atomic mass is 10.0. The molecule has 0 aromatic heterocycles. The number of benzene rings is 2. The fourth-order valence-corrected chi connectivity index (χ4v) is 3.20. The van der Waals surface area contributed by atoms with Gasteiger partial charge in [-0.15, -0.1) is 11.8 Å². The fraction of sp³-hybridized carbons (Fsp3) is 0.250. The van der Waals surface area contributed by atoms with E-state index in [9.17, 15) is 0 Å². The van der Waals surface area contributed by atoms with Crippen molar-refractivity contribution in [1.82, 2.24) is 0 Å². The molecule has 0 radical (unpaired) electrons. The van der Waals surface area contributed by atoms with Crippen molar-refractivity contribution in [1.29, 1.82) is 0 Å². The Bertz CT molecular complexity index is 533. The lowest BCUT2D eigenvalue weighted by molar-refractivity contribution is 0.339. The molecule has 1 atom stereocenters. The fourth-order valence-electron chi connectivity index (χ4n) is 2.20. The third-order valence-electron chi connectivity index (χ3n) is 3.27. The van der Waals surface area contributed by atoms with E-state index in [-0.39, 0.29) is 0 Å². The Morgan fingerprint density at radius 3 is 2.72 bits per heavy atom. The Labute approximate surface area is 112 Å². The summed E-state index contributed by atoms with van der Waals surface area (Å²) in [6, 6.07) is 17.1. The summed E-state index contributed by atoms with van der Waals surface area (Å²) in [7, 11) is 0. The van der Waals surface area contributed by atoms with Gasteiger partial charge in [-0.25, -0.2) is 0 Å². The first-order chi connectivity index (χ1) is 8.83. The van der Waals surface area contributed by atoms with E-state index in [1.165, 1.54) is 16.0 Å². The first-order valence-electron chi connectivity index (χ1n) is 6.24. The molecule has 2 aromatic rings. The minimum Gasteiger partial charge on any atom is -0.493 e. The summed E-state index contributed by atoms with van der Waals surface area (Å²) in [6.45, 7) is 2.94. The van der Waals surface area contributed by atoms with Crippen molar-refractivity contribution in [2.45, 2.75) is 17.7 Å². The molecular formula is C16H16OS. The van der Waals surface area contributed by atoms with Crippen LogP contribution in [0.15, 0.2) is 53.4 Å². The van der Waals surface area contributed by atoms with Crippen molar-refractivity contribution < 1.29 is 4.74 Å². The molecule has 1 aliphatic heterocycles. The molecule has 0 spiro atoms. The van der Waals surface area contributed by atoms with E-state index in [2.05, 4.69) is 49.4 Å². The van der Waals surface area contributed by atoms with Gasteiger partial charge in [0.2, 0.25) is 0 Å². The van der Waals surface area contributed by atoms with Crippen LogP contribution in [0.5, 0.6) is 5.75 Å². The highest BCUT2D eigenvalue weighted by Gasteiger charge is 2.23. The molecule has 92 valence electrons. The van der Waals surface area contributed by atoms with Gasteiger partial charge >= 0.3 is 0 Å². The summed E-state index contributed by atoms with van der Waals surface area (Å²) in [5, 5.41) is 0. The molecule has 0 aliphatic carbocycles. The highest BCUT2D eigenvalue weighted by Crippen LogP contribution is 2.36. The van der Waals surface area contributed by atoms with Crippen molar-refractivity contribution in [3.05, 3.63) is 59.7 Å². The lowest BCUT2D eigenvalue weighted by Crippen LogP contribution is -2.03. The third kappa shape index (κ3) is 2.39. The quantitative estimate of drug-likeness (QED) is 0.759. The van der Waals surface area contributed by atoms with Gasteiger partial charge in [0.25, 0.3) is 0 Å². The van der Waals surface area contributed by atoms with Crippen molar-refractivity contribution >= 4 is 11.8 Å². The number of aryl methyl sites for hydroxylation is 1. The molecule has 2 heteroatoms. The van der Waals surface area contributed by atoms with E-state index >= 15 is 0 Å². The van der Waals surface area contributed by atoms with Gasteiger partial charge in [-0.05, 0) is 25.1 Å². The Morgan fingerprint density at radius 2 is 1.89 bits per heavy atom. The number of fused-ring (bicyclic) bond motifs is 1. The van der Waals surface area contributed by atoms with E-state index in [1.807, 2.05) is 17.8 Å². The van der Waals surface area contributed by atoms with Gasteiger partial charge in [0.15, 0.2) is 0 Å². The topological polar surface area (TPSA) is 9.23 Å². The summed E-state index contributed by atoms with van der Waals surface area (Å²) in [5.41, 5.74) is 2.67. The minimum atomic E-state index is 0.521. The average Bonchev–Trinajstić information content (AvgIpc) is 2.82. The smallest absolute Gasteiger partial charge is 0.122 e. The third-order valence-corrected chi connectivity index (χ3v) is 4.45. The van der Waals surface area contributed by atoms with Crippen LogP contribution in [0, 0.1) is 6.92 Å². The summed E-state index contributed by atoms with van der Waals surface area (Å²) < 4.78 is 5.71. The average molecular weight is 256 g/mol. The lowest BCUT2D eigenvalue weighted by Gasteiger charge is -2.08. The monoisotopic (exact) mass is 256 g/mol. The molecule has 1 unspecified atom stereocenters. The molecule has 0 N–H and O–H groups in total. The maximum Gasteiger partial charge on any atom is 0.122 e. The molecular weight excluding hydrogens is 240 g/mol. The summed E-state index contributed by atoms with van der Waals surface area (Å²) in [4.78, 5) is 1.34. The number of hydrogen-bond donors (Lipinski definition) is 0. The van der Waals surface area contributed by atoms with Crippen LogP contribution in [0.1, 0.15) is 17.0 Å². The van der Waals surface area contributed by atoms with Crippen molar-refractivity contribution in [2.24, 2.45) is 0 Å². The zero-order valence-corrected chi connectivity index (χ0v) is 11.2. The highest BCUT2D eigenvalue weighted by molar-refractivity contribution is 7.99. The molecule has 0 bridgehead atoms. The van der Waals surface area contributed by atoms with Crippen LogP contribution in [0.4, 0.5) is 0 Å². The number of thioether (sulfide) groups is 1. The Morgan fingerprint density at radius 1 is 1.11 bits per heavy atom. The Balaban J connectivity index is 1.67. The molecule has 0 amide bonds. The number of hydrogen-bond acceptors (Lipinski definition) is 2. The van der Waals surface area contributed by atoms with Crippen LogP contribution < -0.4 is 4.74 Å². The molecule has 0 fully saturated rings. The molecule has 3 rings (SSSR count). The first kappa shape index (κ1) is 11.7. The zero-order valence-electron chi connectivity index (χ0n) is 10.4. The van der Waals surface area contributed by atoms with Gasteiger partial charge in [0, 0.05) is 22.1 Å². The molecule has 18 heavy (non-hydrogen) atoms. The second-order valence-corrected chi connectivity index (χ2v) is 5.76. The van der Waals surface area contributed by atoms with E-state index in [0.29, 0.717) is 5.92 Å². The molecule has 1 aliphatic rings. The normalized spacial score (nSPS) is 17.3. The van der Waals surface area contributed by atoms with Crippen molar-refractivity contribution in [3.63, 3.8) is 0 Å². The van der Waals surface area contributed by atoms with Crippen LogP contribution in [0.25, 0.3) is 0 Å². The SMILES string of the molecule is Cc1ccc(SCC2COc3ccccc32)cc1. The van der Waals surface area contributed by atoms with Crippen LogP contribution in [-0.2, 0) is 0 Å². The van der Waals surface area contributed by atoms with Gasteiger partial charge in [0.05, 0.1) is 6.61 Å². The van der Waals surface area contributed by atoms with Crippen LogP contribution in [-0.4, -0.2) is 12.4 Å². The molecule has 0 saturated heterocycles. The predicted octanol–water partition coefficient (Wildman–Crippen LogP) is 4.26. The number of ether oxygens (including phenoxy) is 1. The highest BCUT2D eigenvalue weighted by atomic mass is 32.2. The van der Waals surface area contributed by atoms with E-state index < -0.39 is 0 Å². The molecule has 1 nitrogen and oxygen atoms in total. The second-order valence-electron chi connectivity index (χ2n) is 4.67. The van der Waals surface area contributed by atoms with Crippen LogP contribution >= 0.6 is 11.8 Å². The molecule has 0 saturated carbocycles. The largest absolute Gasteiger partial charge is 0.493 e. The zero-order chi connectivity index (χ0) is 12.4. The van der Waals surface area contributed by atoms with E-state index in [1.54, 1.807) is 0 Å². The second kappa shape index (κ2) is 5.07. The minimum absolute atomic E-state index is 0.521. The Hall–Kier alpha value is -1.41. The maximum absolute atomic E-state index is 5.71. The molecule has 1 heterocycles. The van der Waals surface area contributed by atoms with Crippen molar-refractivity contribution in [3.8, 4) is 5.75 Å². The summed E-state index contributed by atoms with van der Waals surface area (Å²) in [5.74, 6) is 2.67. The molecule has 2 aromatic carbocycles. The number of rotatable bonds is 3. The van der Waals surface area contributed by atoms with Gasteiger partial charge in [-0.3, -0.25) is 0 Å². The van der Waals surface area contributed by atoms with E-state index in [4.69, 9.17) is 4.74 Å². The Kier molecular flexibility index (Phi) is 3.28. The van der Waals surface area contributed by atoms with Gasteiger partial charge < -0.3 is 4.74 Å². The predicted molar refractivity (Wildman–Crippen MR) is 76.6 cm³/mol. The van der Waals surface area contributed by atoms with Crippen LogP contribution in [0.3, 0.4) is 0 Å². The van der Waals surface area contributed by atoms with Crippen LogP contribution in [0.2, 0.25) is 0 Å². The van der Waals surface area contributed by atoms with E-state index in [0.717, 1.165) is 18.1 Å². The summed E-state index contributed by atoms with van der Waals surface area (Å²) in [6.07, 6.45) is 0. The van der Waals surface area contributed by atoms with Crippen molar-refractivity contribution in [2.75, 3.05) is 12.4 Å². The van der Waals surface area contributed by atoms with Gasteiger partial charge in [-0.1, -0.05) is 35.9 Å². The van der Waals surface area contributed by atoms with Gasteiger partial charge in [0.1, 0.15) is 5.75 Å². The standard InChI is InChI=1S/C16H16OS/c1-12-6-8-14(9-7-12)18-11-13-10-17-16-5-3-2-4-15(13)16/h2-9,13H,10-11H2,1H3. The summed E-state index contributed by atoms with van der Waals surface area (Å²) >= 11 is 1.91. The first-order valence-corrected chi connectivity index (χ1v) is 7.23. The number of para-hydroxylation sites is 1.